The topological polar surface area (TPSA) is 58.3 Å². The van der Waals surface area contributed by atoms with Gasteiger partial charge in [-0.15, -0.1) is 5.10 Å². The van der Waals surface area contributed by atoms with E-state index in [0.717, 1.165) is 48.4 Å². The Morgan fingerprint density at radius 1 is 1.15 bits per heavy atom. The Morgan fingerprint density at radius 3 is 2.45 bits per heavy atom. The summed E-state index contributed by atoms with van der Waals surface area (Å²) in [5.74, 6) is 0. The number of piperazine rings is 1. The van der Waals surface area contributed by atoms with E-state index in [9.17, 15) is 0 Å². The van der Waals surface area contributed by atoms with Gasteiger partial charge in [0.2, 0.25) is 0 Å². The number of benzene rings is 1. The molecule has 0 atom stereocenters. The van der Waals surface area contributed by atoms with E-state index in [4.69, 9.17) is 17.3 Å². The van der Waals surface area contributed by atoms with Crippen molar-refractivity contribution in [3.8, 4) is 0 Å². The van der Waals surface area contributed by atoms with Crippen molar-refractivity contribution < 1.29 is 0 Å². The first kappa shape index (κ1) is 13.6. The van der Waals surface area contributed by atoms with Crippen LogP contribution >= 0.6 is 23.1 Å². The van der Waals surface area contributed by atoms with E-state index < -0.39 is 0 Å². The highest BCUT2D eigenvalue weighted by Gasteiger charge is 2.19. The molecule has 1 aromatic carbocycles. The molecule has 20 heavy (non-hydrogen) atoms. The maximum absolute atomic E-state index is 5.92. The van der Waals surface area contributed by atoms with Gasteiger partial charge in [-0.3, -0.25) is 4.90 Å². The average molecular weight is 310 g/mol. The van der Waals surface area contributed by atoms with Crippen LogP contribution in [0.25, 0.3) is 0 Å². The molecular weight excluding hydrogens is 294 g/mol. The highest BCUT2D eigenvalue weighted by atomic mass is 35.5. The zero-order valence-electron chi connectivity index (χ0n) is 11.0. The van der Waals surface area contributed by atoms with Crippen LogP contribution in [0, 0.1) is 0 Å². The summed E-state index contributed by atoms with van der Waals surface area (Å²) in [6, 6.07) is 8.01. The Bertz CT molecular complexity index is 562. The Kier molecular flexibility index (Phi) is 4.05. The number of halogens is 1. The van der Waals surface area contributed by atoms with E-state index in [1.54, 1.807) is 0 Å². The number of nitrogen functional groups attached to an aromatic ring is 1. The average Bonchev–Trinajstić information content (AvgIpc) is 2.86. The summed E-state index contributed by atoms with van der Waals surface area (Å²) in [6.45, 7) is 4.79. The molecule has 3 rings (SSSR count). The largest absolute Gasteiger partial charge is 0.388 e. The van der Waals surface area contributed by atoms with Gasteiger partial charge >= 0.3 is 0 Å². The molecule has 0 saturated carbocycles. The third-order valence-electron chi connectivity index (χ3n) is 3.52. The fraction of sp³-hybridized carbons (Fsp3) is 0.385. The lowest BCUT2D eigenvalue weighted by atomic mass is 10.2. The molecule has 1 aromatic heterocycles. The molecule has 1 aliphatic rings. The minimum atomic E-state index is 0.727. The van der Waals surface area contributed by atoms with E-state index in [0.29, 0.717) is 0 Å². The van der Waals surface area contributed by atoms with Crippen LogP contribution in [0.15, 0.2) is 24.3 Å². The zero-order valence-corrected chi connectivity index (χ0v) is 12.6. The summed E-state index contributed by atoms with van der Waals surface area (Å²) >= 11 is 7.18. The van der Waals surface area contributed by atoms with E-state index in [2.05, 4.69) is 31.5 Å². The van der Waals surface area contributed by atoms with Gasteiger partial charge in [0.1, 0.15) is 10.7 Å². The van der Waals surface area contributed by atoms with Crippen LogP contribution in [0.4, 0.5) is 10.7 Å². The van der Waals surface area contributed by atoms with Gasteiger partial charge in [-0.2, -0.15) is 0 Å². The summed E-state index contributed by atoms with van der Waals surface area (Å²) in [6.07, 6.45) is 0. The second kappa shape index (κ2) is 5.95. The number of anilines is 2. The minimum absolute atomic E-state index is 0.727. The smallest absolute Gasteiger partial charge is 0.132 e. The second-order valence-electron chi connectivity index (χ2n) is 4.82. The van der Waals surface area contributed by atoms with Crippen molar-refractivity contribution in [2.75, 3.05) is 36.8 Å². The van der Waals surface area contributed by atoms with Gasteiger partial charge < -0.3 is 10.6 Å². The van der Waals surface area contributed by atoms with Gasteiger partial charge in [-0.25, -0.2) is 0 Å². The van der Waals surface area contributed by atoms with Crippen molar-refractivity contribution in [1.29, 1.82) is 0 Å². The second-order valence-corrected chi connectivity index (χ2v) is 6.05. The SMILES string of the molecule is Nc1snnc1CN1CCN(c2ccc(Cl)cc2)CC1. The predicted molar refractivity (Wildman–Crippen MR) is 83.3 cm³/mol. The van der Waals surface area contributed by atoms with Crippen molar-refractivity contribution in [3.63, 3.8) is 0 Å². The molecule has 7 heteroatoms. The summed E-state index contributed by atoms with van der Waals surface area (Å²) in [5, 5.41) is 5.57. The molecule has 1 saturated heterocycles. The Labute approximate surface area is 127 Å². The van der Waals surface area contributed by atoms with E-state index in [-0.39, 0.29) is 0 Å². The number of hydrogen-bond donors (Lipinski definition) is 1. The molecule has 0 unspecified atom stereocenters. The Balaban J connectivity index is 1.57. The number of nitrogens with zero attached hydrogens (tertiary/aromatic N) is 4. The lowest BCUT2D eigenvalue weighted by molar-refractivity contribution is 0.247. The van der Waals surface area contributed by atoms with Gasteiger partial charge in [0.05, 0.1) is 0 Å². The van der Waals surface area contributed by atoms with Gasteiger partial charge in [0.25, 0.3) is 0 Å². The van der Waals surface area contributed by atoms with Crippen LogP contribution in [0.3, 0.4) is 0 Å². The summed E-state index contributed by atoms with van der Waals surface area (Å²) in [4.78, 5) is 4.73. The fourth-order valence-corrected chi connectivity index (χ4v) is 2.92. The molecule has 0 aliphatic carbocycles. The van der Waals surface area contributed by atoms with Gasteiger partial charge in [-0.1, -0.05) is 16.1 Å². The van der Waals surface area contributed by atoms with Crippen molar-refractivity contribution in [2.24, 2.45) is 0 Å². The van der Waals surface area contributed by atoms with Crippen LogP contribution in [-0.4, -0.2) is 40.7 Å². The van der Waals surface area contributed by atoms with Crippen molar-refractivity contribution >= 4 is 33.8 Å². The molecule has 2 heterocycles. The first-order chi connectivity index (χ1) is 9.72. The number of nitrogens with two attached hydrogens (primary N) is 1. The highest BCUT2D eigenvalue weighted by Crippen LogP contribution is 2.21. The molecule has 106 valence electrons. The maximum atomic E-state index is 5.92. The molecular formula is C13H16ClN5S. The summed E-state index contributed by atoms with van der Waals surface area (Å²) < 4.78 is 3.88. The van der Waals surface area contributed by atoms with E-state index in [1.807, 2.05) is 12.1 Å². The molecule has 0 radical (unpaired) electrons. The standard InChI is InChI=1S/C13H16ClN5S/c14-10-1-3-11(4-2-10)19-7-5-18(6-8-19)9-12-13(15)20-17-16-12/h1-4H,5-9,15H2. The van der Waals surface area contributed by atoms with Crippen LogP contribution in [-0.2, 0) is 6.54 Å². The molecule has 0 bridgehead atoms. The quantitative estimate of drug-likeness (QED) is 0.941. The highest BCUT2D eigenvalue weighted by molar-refractivity contribution is 7.09. The van der Waals surface area contributed by atoms with Crippen LogP contribution in [0.5, 0.6) is 0 Å². The first-order valence-corrected chi connectivity index (χ1v) is 7.67. The third kappa shape index (κ3) is 3.03. The van der Waals surface area contributed by atoms with Crippen molar-refractivity contribution in [2.45, 2.75) is 6.54 Å². The number of rotatable bonds is 3. The lowest BCUT2D eigenvalue weighted by Crippen LogP contribution is -2.46. The Hall–Kier alpha value is -1.37. The fourth-order valence-electron chi connectivity index (χ4n) is 2.35. The summed E-state index contributed by atoms with van der Waals surface area (Å²) in [5.41, 5.74) is 7.96. The number of hydrogen-bond acceptors (Lipinski definition) is 6. The number of aromatic nitrogens is 2. The Morgan fingerprint density at radius 2 is 1.85 bits per heavy atom. The van der Waals surface area contributed by atoms with E-state index >= 15 is 0 Å². The zero-order chi connectivity index (χ0) is 13.9. The first-order valence-electron chi connectivity index (χ1n) is 6.52. The molecule has 2 N–H and O–H groups in total. The van der Waals surface area contributed by atoms with Gasteiger partial charge in [0, 0.05) is 55.0 Å². The van der Waals surface area contributed by atoms with Crippen molar-refractivity contribution in [3.05, 3.63) is 35.0 Å². The maximum Gasteiger partial charge on any atom is 0.132 e. The van der Waals surface area contributed by atoms with Crippen molar-refractivity contribution in [1.82, 2.24) is 14.5 Å². The summed E-state index contributed by atoms with van der Waals surface area (Å²) in [7, 11) is 0. The van der Waals surface area contributed by atoms with Crippen LogP contribution in [0.1, 0.15) is 5.69 Å². The molecule has 2 aromatic rings. The van der Waals surface area contributed by atoms with E-state index in [1.165, 1.54) is 17.2 Å². The molecule has 0 spiro atoms. The van der Waals surface area contributed by atoms with Crippen LogP contribution in [0.2, 0.25) is 5.02 Å². The molecule has 1 aliphatic heterocycles. The molecule has 5 nitrogen and oxygen atoms in total. The molecule has 1 fully saturated rings. The third-order valence-corrected chi connectivity index (χ3v) is 4.37. The monoisotopic (exact) mass is 309 g/mol. The minimum Gasteiger partial charge on any atom is -0.388 e. The van der Waals surface area contributed by atoms with Gasteiger partial charge in [0.15, 0.2) is 0 Å². The molecule has 0 amide bonds. The lowest BCUT2D eigenvalue weighted by Gasteiger charge is -2.35. The van der Waals surface area contributed by atoms with Crippen LogP contribution < -0.4 is 10.6 Å². The van der Waals surface area contributed by atoms with Gasteiger partial charge in [-0.05, 0) is 24.3 Å². The predicted octanol–water partition coefficient (Wildman–Crippen LogP) is 2.10. The normalized spacial score (nSPS) is 16.6.